The minimum Gasteiger partial charge on any atom is -0.353 e. The summed E-state index contributed by atoms with van der Waals surface area (Å²) < 4.78 is 3.33. The molecule has 2 aromatic heterocycles. The lowest BCUT2D eigenvalue weighted by Gasteiger charge is -2.04. The van der Waals surface area contributed by atoms with Crippen LogP contribution in [0.25, 0.3) is 10.2 Å². The van der Waals surface area contributed by atoms with E-state index in [-0.39, 0.29) is 17.6 Å². The standard InChI is InChI=1S/C16H17N7O2S3/c1-23-15(20-21-22-23)26-7-13(24)18-10-4-5-11-12(6-10)28-16(19-11)27-8-14(25)17-9-2-3-9/h4-6,9H,2-3,7-8H2,1H3,(H,17,25)(H,18,24). The third-order valence-electron chi connectivity index (χ3n) is 3.84. The first-order valence-electron chi connectivity index (χ1n) is 8.54. The second kappa shape index (κ2) is 8.45. The van der Waals surface area contributed by atoms with Crippen molar-refractivity contribution in [2.75, 3.05) is 16.8 Å². The fraction of sp³-hybridized carbons (Fsp3) is 0.375. The first kappa shape index (κ1) is 19.2. The Morgan fingerprint density at radius 3 is 2.82 bits per heavy atom. The number of amides is 2. The number of carbonyl (C=O) groups is 2. The van der Waals surface area contributed by atoms with Gasteiger partial charge < -0.3 is 10.6 Å². The fourth-order valence-electron chi connectivity index (χ4n) is 2.34. The molecule has 1 saturated carbocycles. The summed E-state index contributed by atoms with van der Waals surface area (Å²) in [6, 6.07) is 5.96. The van der Waals surface area contributed by atoms with Crippen molar-refractivity contribution < 1.29 is 9.59 Å². The van der Waals surface area contributed by atoms with Crippen LogP contribution in [0.4, 0.5) is 5.69 Å². The zero-order chi connectivity index (χ0) is 19.5. The Bertz CT molecular complexity index is 1010. The normalized spacial score (nSPS) is 13.6. The topological polar surface area (TPSA) is 115 Å². The van der Waals surface area contributed by atoms with Gasteiger partial charge in [0.05, 0.1) is 21.7 Å². The molecule has 28 heavy (non-hydrogen) atoms. The second-order valence-corrected chi connectivity index (χ2v) is 9.41. The van der Waals surface area contributed by atoms with Crippen LogP contribution in [-0.2, 0) is 16.6 Å². The molecule has 3 aromatic rings. The third-order valence-corrected chi connectivity index (χ3v) is 7.01. The summed E-state index contributed by atoms with van der Waals surface area (Å²) in [5.41, 5.74) is 1.56. The average Bonchev–Trinajstić information content (AvgIpc) is 3.23. The van der Waals surface area contributed by atoms with E-state index in [0.29, 0.717) is 22.6 Å². The summed E-state index contributed by atoms with van der Waals surface area (Å²) in [4.78, 5) is 28.5. The van der Waals surface area contributed by atoms with Gasteiger partial charge in [-0.2, -0.15) is 0 Å². The van der Waals surface area contributed by atoms with Gasteiger partial charge in [-0.3, -0.25) is 9.59 Å². The summed E-state index contributed by atoms with van der Waals surface area (Å²) in [5, 5.41) is 17.5. The number of benzene rings is 1. The van der Waals surface area contributed by atoms with E-state index in [9.17, 15) is 9.59 Å². The van der Waals surface area contributed by atoms with Gasteiger partial charge in [0.25, 0.3) is 0 Å². The van der Waals surface area contributed by atoms with Crippen molar-refractivity contribution >= 4 is 62.6 Å². The van der Waals surface area contributed by atoms with Crippen LogP contribution in [0, 0.1) is 0 Å². The molecule has 2 heterocycles. The molecule has 1 aliphatic rings. The van der Waals surface area contributed by atoms with Crippen LogP contribution >= 0.6 is 34.9 Å². The molecule has 2 amide bonds. The van der Waals surface area contributed by atoms with Crippen molar-refractivity contribution in [1.29, 1.82) is 0 Å². The van der Waals surface area contributed by atoms with Gasteiger partial charge in [0, 0.05) is 18.8 Å². The maximum Gasteiger partial charge on any atom is 0.234 e. The zero-order valence-electron chi connectivity index (χ0n) is 14.9. The molecule has 0 saturated heterocycles. The molecular weight excluding hydrogens is 418 g/mol. The minimum atomic E-state index is -0.136. The van der Waals surface area contributed by atoms with E-state index in [1.807, 2.05) is 18.2 Å². The van der Waals surface area contributed by atoms with Crippen LogP contribution in [0.3, 0.4) is 0 Å². The first-order valence-corrected chi connectivity index (χ1v) is 11.3. The molecule has 0 radical (unpaired) electrons. The van der Waals surface area contributed by atoms with Crippen LogP contribution in [-0.4, -0.2) is 54.6 Å². The largest absolute Gasteiger partial charge is 0.353 e. The van der Waals surface area contributed by atoms with E-state index in [2.05, 4.69) is 31.1 Å². The number of carbonyl (C=O) groups excluding carboxylic acids is 2. The van der Waals surface area contributed by atoms with Gasteiger partial charge >= 0.3 is 0 Å². The Labute approximate surface area is 173 Å². The number of hydrogen-bond acceptors (Lipinski definition) is 9. The zero-order valence-corrected chi connectivity index (χ0v) is 17.4. The predicted octanol–water partition coefficient (Wildman–Crippen LogP) is 1.92. The molecule has 0 atom stereocenters. The Morgan fingerprint density at radius 1 is 1.25 bits per heavy atom. The highest BCUT2D eigenvalue weighted by molar-refractivity contribution is 8.01. The molecule has 9 nitrogen and oxygen atoms in total. The highest BCUT2D eigenvalue weighted by atomic mass is 32.2. The molecule has 146 valence electrons. The van der Waals surface area contributed by atoms with Crippen molar-refractivity contribution in [3.05, 3.63) is 18.2 Å². The lowest BCUT2D eigenvalue weighted by atomic mass is 10.3. The lowest BCUT2D eigenvalue weighted by Crippen LogP contribution is -2.26. The van der Waals surface area contributed by atoms with Crippen molar-refractivity contribution in [3.8, 4) is 0 Å². The summed E-state index contributed by atoms with van der Waals surface area (Å²) in [6.45, 7) is 0. The smallest absolute Gasteiger partial charge is 0.234 e. The van der Waals surface area contributed by atoms with E-state index in [1.165, 1.54) is 39.5 Å². The lowest BCUT2D eigenvalue weighted by molar-refractivity contribution is -0.118. The number of tetrazole rings is 1. The van der Waals surface area contributed by atoms with Crippen molar-refractivity contribution in [2.45, 2.75) is 28.4 Å². The van der Waals surface area contributed by atoms with Crippen molar-refractivity contribution in [3.63, 3.8) is 0 Å². The number of anilines is 1. The molecule has 0 bridgehead atoms. The van der Waals surface area contributed by atoms with E-state index >= 15 is 0 Å². The number of nitrogens with one attached hydrogen (secondary N) is 2. The number of rotatable bonds is 8. The molecule has 0 spiro atoms. The number of fused-ring (bicyclic) bond motifs is 1. The van der Waals surface area contributed by atoms with Crippen LogP contribution < -0.4 is 10.6 Å². The first-order chi connectivity index (χ1) is 13.6. The predicted molar refractivity (Wildman–Crippen MR) is 110 cm³/mol. The molecule has 0 unspecified atom stereocenters. The SMILES string of the molecule is Cn1nnnc1SCC(=O)Nc1ccc2nc(SCC(=O)NC3CC3)sc2c1. The van der Waals surface area contributed by atoms with Gasteiger partial charge in [0.15, 0.2) is 4.34 Å². The number of thioether (sulfide) groups is 2. The molecule has 0 aliphatic heterocycles. The number of nitrogens with zero attached hydrogens (tertiary/aromatic N) is 5. The van der Waals surface area contributed by atoms with Crippen LogP contribution in [0.2, 0.25) is 0 Å². The van der Waals surface area contributed by atoms with Crippen molar-refractivity contribution in [1.82, 2.24) is 30.5 Å². The molecule has 1 aliphatic carbocycles. The van der Waals surface area contributed by atoms with E-state index < -0.39 is 0 Å². The van der Waals surface area contributed by atoms with Crippen LogP contribution in [0.15, 0.2) is 27.7 Å². The van der Waals surface area contributed by atoms with E-state index in [4.69, 9.17) is 0 Å². The van der Waals surface area contributed by atoms with Crippen LogP contribution in [0.5, 0.6) is 0 Å². The summed E-state index contributed by atoms with van der Waals surface area (Å²) in [5.74, 6) is 0.499. The van der Waals surface area contributed by atoms with Gasteiger partial charge in [-0.25, -0.2) is 9.67 Å². The Hall–Kier alpha value is -2.18. The maximum atomic E-state index is 12.2. The molecule has 1 aromatic carbocycles. The van der Waals surface area contributed by atoms with Gasteiger partial charge in [-0.05, 0) is 41.5 Å². The number of aryl methyl sites for hydroxylation is 1. The fourth-order valence-corrected chi connectivity index (χ4v) is 4.91. The van der Waals surface area contributed by atoms with Gasteiger partial charge in [-0.1, -0.05) is 23.5 Å². The molecule has 2 N–H and O–H groups in total. The summed E-state index contributed by atoms with van der Waals surface area (Å²) in [7, 11) is 1.73. The Kier molecular flexibility index (Phi) is 5.78. The second-order valence-electron chi connectivity index (χ2n) is 6.21. The quantitative estimate of drug-likeness (QED) is 0.516. The maximum absolute atomic E-state index is 12.2. The highest BCUT2D eigenvalue weighted by Gasteiger charge is 2.23. The van der Waals surface area contributed by atoms with Gasteiger partial charge in [-0.15, -0.1) is 16.4 Å². The van der Waals surface area contributed by atoms with Crippen LogP contribution in [0.1, 0.15) is 12.8 Å². The van der Waals surface area contributed by atoms with E-state index in [1.54, 1.807) is 7.05 Å². The minimum absolute atomic E-state index is 0.0512. The number of thiazole rings is 1. The van der Waals surface area contributed by atoms with Crippen molar-refractivity contribution in [2.24, 2.45) is 7.05 Å². The Morgan fingerprint density at radius 2 is 2.07 bits per heavy atom. The van der Waals surface area contributed by atoms with E-state index in [0.717, 1.165) is 27.4 Å². The number of hydrogen-bond donors (Lipinski definition) is 2. The highest BCUT2D eigenvalue weighted by Crippen LogP contribution is 2.31. The molecule has 4 rings (SSSR count). The van der Waals surface area contributed by atoms with Gasteiger partial charge in [0.2, 0.25) is 17.0 Å². The monoisotopic (exact) mass is 435 g/mol. The molecule has 12 heteroatoms. The summed E-state index contributed by atoms with van der Waals surface area (Å²) >= 11 is 4.22. The Balaban J connectivity index is 1.32. The average molecular weight is 436 g/mol. The third kappa shape index (κ3) is 5.00. The summed E-state index contributed by atoms with van der Waals surface area (Å²) in [6.07, 6.45) is 2.17. The molecular formula is C16H17N7O2S3. The molecule has 1 fully saturated rings. The number of aromatic nitrogens is 5. The van der Waals surface area contributed by atoms with Gasteiger partial charge in [0.1, 0.15) is 0 Å².